The Hall–Kier alpha value is -2.05. The molecule has 0 spiro atoms. The van der Waals surface area contributed by atoms with Gasteiger partial charge in [-0.15, -0.1) is 0 Å². The highest BCUT2D eigenvalue weighted by Gasteiger charge is 2.63. The van der Waals surface area contributed by atoms with Gasteiger partial charge in [0.2, 0.25) is 0 Å². The van der Waals surface area contributed by atoms with Crippen LogP contribution in [0.1, 0.15) is 52.4 Å². The Morgan fingerprint density at radius 2 is 1.93 bits per heavy atom. The van der Waals surface area contributed by atoms with Gasteiger partial charge in [-0.05, 0) is 52.4 Å². The predicted molar refractivity (Wildman–Crippen MR) is 96.4 cm³/mol. The third kappa shape index (κ3) is 2.82. The van der Waals surface area contributed by atoms with Crippen molar-refractivity contribution < 1.29 is 28.6 Å². The van der Waals surface area contributed by atoms with E-state index in [1.165, 1.54) is 14.2 Å². The normalized spacial score (nSPS) is 34.8. The SMILES string of the molecule is CCOC(=O)[C@]12CCCC=C1N1[C@@H](CC2)[C@@H](C(=O)OC)C[C@@]1(C)C(=O)OC. The maximum Gasteiger partial charge on any atom is 0.331 e. The average Bonchev–Trinajstić information content (AvgIpc) is 3.01. The summed E-state index contributed by atoms with van der Waals surface area (Å²) in [6, 6.07) is -0.187. The second kappa shape index (κ2) is 7.17. The molecule has 150 valence electrons. The summed E-state index contributed by atoms with van der Waals surface area (Å²) < 4.78 is 15.5. The average molecular weight is 379 g/mol. The molecule has 1 aliphatic carbocycles. The highest BCUT2D eigenvalue weighted by molar-refractivity contribution is 5.86. The van der Waals surface area contributed by atoms with E-state index in [1.54, 1.807) is 13.8 Å². The molecule has 2 aliphatic heterocycles. The van der Waals surface area contributed by atoms with Gasteiger partial charge in [-0.25, -0.2) is 4.79 Å². The Kier molecular flexibility index (Phi) is 5.23. The van der Waals surface area contributed by atoms with Gasteiger partial charge in [0.05, 0.1) is 26.7 Å². The lowest BCUT2D eigenvalue weighted by molar-refractivity contribution is -0.163. The van der Waals surface area contributed by atoms with E-state index in [1.807, 2.05) is 11.0 Å². The van der Waals surface area contributed by atoms with Gasteiger partial charge in [0.25, 0.3) is 0 Å². The summed E-state index contributed by atoms with van der Waals surface area (Å²) in [7, 11) is 2.72. The predicted octanol–water partition coefficient (Wildman–Crippen LogP) is 2.19. The Morgan fingerprint density at radius 3 is 2.56 bits per heavy atom. The molecule has 7 heteroatoms. The minimum absolute atomic E-state index is 0.187. The van der Waals surface area contributed by atoms with Crippen LogP contribution in [0.5, 0.6) is 0 Å². The molecule has 7 nitrogen and oxygen atoms in total. The van der Waals surface area contributed by atoms with Gasteiger partial charge in [0, 0.05) is 11.7 Å². The molecule has 0 aromatic carbocycles. The van der Waals surface area contributed by atoms with E-state index < -0.39 is 22.8 Å². The maximum atomic E-state index is 13.0. The van der Waals surface area contributed by atoms with E-state index in [4.69, 9.17) is 14.2 Å². The summed E-state index contributed by atoms with van der Waals surface area (Å²) in [6.45, 7) is 3.91. The van der Waals surface area contributed by atoms with E-state index in [-0.39, 0.29) is 18.0 Å². The molecule has 0 bridgehead atoms. The number of methoxy groups -OCH3 is 2. The van der Waals surface area contributed by atoms with Crippen LogP contribution in [0.4, 0.5) is 0 Å². The molecule has 3 rings (SSSR count). The standard InChI is InChI=1S/C20H29NO6/c1-5-27-18(24)20-10-7-6-8-15(20)21-14(9-11-20)13(16(22)25-3)12-19(21,2)17(23)26-4/h8,13-14H,5-7,9-12H2,1-4H3/t13-,14-,19-,20-/m0/s1. The molecule has 0 aromatic heterocycles. The van der Waals surface area contributed by atoms with Crippen LogP contribution in [0.25, 0.3) is 0 Å². The lowest BCUT2D eigenvalue weighted by Gasteiger charge is -2.52. The third-order valence-electron chi connectivity index (χ3n) is 6.50. The first-order valence-electron chi connectivity index (χ1n) is 9.69. The summed E-state index contributed by atoms with van der Waals surface area (Å²) in [4.78, 5) is 40.1. The van der Waals surface area contributed by atoms with Crippen molar-refractivity contribution in [3.8, 4) is 0 Å². The highest BCUT2D eigenvalue weighted by Crippen LogP contribution is 2.56. The lowest BCUT2D eigenvalue weighted by atomic mass is 9.68. The number of rotatable bonds is 4. The molecule has 0 radical (unpaired) electrons. The van der Waals surface area contributed by atoms with Crippen LogP contribution >= 0.6 is 0 Å². The zero-order chi connectivity index (χ0) is 19.8. The number of carbonyl (C=O) groups is 3. The van der Waals surface area contributed by atoms with Crippen molar-refractivity contribution in [2.75, 3.05) is 20.8 Å². The first kappa shape index (κ1) is 19.7. The topological polar surface area (TPSA) is 82.1 Å². The molecule has 2 heterocycles. The van der Waals surface area contributed by atoms with E-state index in [9.17, 15) is 14.4 Å². The molecular formula is C20H29NO6. The molecule has 2 fully saturated rings. The van der Waals surface area contributed by atoms with Gasteiger partial charge in [-0.3, -0.25) is 9.59 Å². The fraction of sp³-hybridized carbons (Fsp3) is 0.750. The van der Waals surface area contributed by atoms with E-state index in [0.717, 1.165) is 18.5 Å². The third-order valence-corrected chi connectivity index (χ3v) is 6.50. The first-order chi connectivity index (χ1) is 12.9. The van der Waals surface area contributed by atoms with E-state index >= 15 is 0 Å². The lowest BCUT2D eigenvalue weighted by Crippen LogP contribution is -2.58. The van der Waals surface area contributed by atoms with Crippen molar-refractivity contribution in [3.05, 3.63) is 11.8 Å². The molecule has 0 saturated carbocycles. The monoisotopic (exact) mass is 379 g/mol. The number of allylic oxidation sites excluding steroid dienone is 1. The van der Waals surface area contributed by atoms with Crippen molar-refractivity contribution in [2.45, 2.75) is 64.0 Å². The maximum absolute atomic E-state index is 13.0. The van der Waals surface area contributed by atoms with Gasteiger partial charge >= 0.3 is 17.9 Å². The number of esters is 3. The number of hydrogen-bond acceptors (Lipinski definition) is 7. The van der Waals surface area contributed by atoms with E-state index in [0.29, 0.717) is 32.3 Å². The van der Waals surface area contributed by atoms with Crippen LogP contribution in [0, 0.1) is 11.3 Å². The van der Waals surface area contributed by atoms with Crippen molar-refractivity contribution in [3.63, 3.8) is 0 Å². The molecule has 27 heavy (non-hydrogen) atoms. The Labute approximate surface area is 160 Å². The number of carbonyl (C=O) groups excluding carboxylic acids is 3. The van der Waals surface area contributed by atoms with E-state index in [2.05, 4.69) is 0 Å². The van der Waals surface area contributed by atoms with Crippen molar-refractivity contribution >= 4 is 17.9 Å². The smallest absolute Gasteiger partial charge is 0.331 e. The molecule has 3 aliphatic rings. The summed E-state index contributed by atoms with van der Waals surface area (Å²) in [5.74, 6) is -1.38. The van der Waals surface area contributed by atoms with Gasteiger partial charge in [-0.1, -0.05) is 6.08 Å². The summed E-state index contributed by atoms with van der Waals surface area (Å²) in [6.07, 6.45) is 6.03. The largest absolute Gasteiger partial charge is 0.469 e. The van der Waals surface area contributed by atoms with Crippen molar-refractivity contribution in [2.24, 2.45) is 11.3 Å². The second-order valence-corrected chi connectivity index (χ2v) is 7.86. The Balaban J connectivity index is 2.09. The Bertz CT molecular complexity index is 673. The van der Waals surface area contributed by atoms with Crippen molar-refractivity contribution in [1.29, 1.82) is 0 Å². The van der Waals surface area contributed by atoms with Crippen LogP contribution < -0.4 is 0 Å². The molecular weight excluding hydrogens is 350 g/mol. The van der Waals surface area contributed by atoms with Crippen LogP contribution in [0.2, 0.25) is 0 Å². The molecule has 0 unspecified atom stereocenters. The van der Waals surface area contributed by atoms with Gasteiger partial charge in [-0.2, -0.15) is 0 Å². The second-order valence-electron chi connectivity index (χ2n) is 7.86. The highest BCUT2D eigenvalue weighted by atomic mass is 16.5. The van der Waals surface area contributed by atoms with Crippen LogP contribution in [0.3, 0.4) is 0 Å². The number of nitrogens with zero attached hydrogens (tertiary/aromatic N) is 1. The fourth-order valence-electron chi connectivity index (χ4n) is 5.30. The number of piperidine rings is 1. The minimum atomic E-state index is -1.01. The molecule has 0 amide bonds. The van der Waals surface area contributed by atoms with Gasteiger partial charge in [0.15, 0.2) is 0 Å². The molecule has 0 aromatic rings. The van der Waals surface area contributed by atoms with Crippen LogP contribution in [-0.2, 0) is 28.6 Å². The van der Waals surface area contributed by atoms with Gasteiger partial charge in [0.1, 0.15) is 11.0 Å². The number of hydrogen-bond donors (Lipinski definition) is 0. The first-order valence-corrected chi connectivity index (χ1v) is 9.69. The number of fused-ring (bicyclic) bond motifs is 3. The molecule has 4 atom stereocenters. The van der Waals surface area contributed by atoms with Crippen LogP contribution in [0.15, 0.2) is 11.8 Å². The Morgan fingerprint density at radius 1 is 1.19 bits per heavy atom. The summed E-state index contributed by atoms with van der Waals surface area (Å²) in [5, 5.41) is 0. The molecule has 2 saturated heterocycles. The van der Waals surface area contributed by atoms with Crippen molar-refractivity contribution in [1.82, 2.24) is 4.90 Å². The van der Waals surface area contributed by atoms with Crippen LogP contribution in [-0.4, -0.2) is 55.2 Å². The zero-order valence-corrected chi connectivity index (χ0v) is 16.6. The number of ether oxygens (including phenoxy) is 3. The zero-order valence-electron chi connectivity index (χ0n) is 16.6. The quantitative estimate of drug-likeness (QED) is 0.547. The minimum Gasteiger partial charge on any atom is -0.469 e. The van der Waals surface area contributed by atoms with Gasteiger partial charge < -0.3 is 19.1 Å². The summed E-state index contributed by atoms with van der Waals surface area (Å²) in [5.41, 5.74) is -0.937. The molecule has 0 N–H and O–H groups in total. The fourth-order valence-corrected chi connectivity index (χ4v) is 5.30. The summed E-state index contributed by atoms with van der Waals surface area (Å²) >= 11 is 0.